The van der Waals surface area contributed by atoms with Crippen LogP contribution in [-0.4, -0.2) is 21.0 Å². The molecule has 0 atom stereocenters. The van der Waals surface area contributed by atoms with Gasteiger partial charge in [0.15, 0.2) is 6.79 Å². The standard InChI is InChI=1S/C14H20O3/c1-11(2)5-6-12-9-13(16-4)7-8-14(12)17-10-15-3/h5,7-9H,6,10H2,1-4H3. The predicted octanol–water partition coefficient (Wildman–Crippen LogP) is 3.19. The predicted molar refractivity (Wildman–Crippen MR) is 68.6 cm³/mol. The molecule has 0 saturated heterocycles. The topological polar surface area (TPSA) is 27.7 Å². The van der Waals surface area contributed by atoms with Gasteiger partial charge in [0.1, 0.15) is 11.5 Å². The molecule has 1 aromatic carbocycles. The summed E-state index contributed by atoms with van der Waals surface area (Å²) in [4.78, 5) is 0. The summed E-state index contributed by atoms with van der Waals surface area (Å²) in [6.45, 7) is 4.42. The Labute approximate surface area is 103 Å². The van der Waals surface area contributed by atoms with Crippen molar-refractivity contribution in [1.82, 2.24) is 0 Å². The lowest BCUT2D eigenvalue weighted by Gasteiger charge is -2.11. The van der Waals surface area contributed by atoms with Gasteiger partial charge in [-0.05, 0) is 38.5 Å². The zero-order chi connectivity index (χ0) is 12.7. The number of methoxy groups -OCH3 is 2. The van der Waals surface area contributed by atoms with Crippen LogP contribution in [0.2, 0.25) is 0 Å². The first-order valence-corrected chi connectivity index (χ1v) is 5.59. The largest absolute Gasteiger partial charge is 0.497 e. The molecule has 1 rings (SSSR count). The van der Waals surface area contributed by atoms with Gasteiger partial charge in [-0.1, -0.05) is 11.6 Å². The highest BCUT2D eigenvalue weighted by atomic mass is 16.7. The summed E-state index contributed by atoms with van der Waals surface area (Å²) in [5, 5.41) is 0. The molecule has 0 bridgehead atoms. The van der Waals surface area contributed by atoms with Crippen molar-refractivity contribution in [1.29, 1.82) is 0 Å². The Morgan fingerprint density at radius 3 is 2.59 bits per heavy atom. The first-order chi connectivity index (χ1) is 8.17. The molecule has 17 heavy (non-hydrogen) atoms. The molecule has 0 aromatic heterocycles. The number of ether oxygens (including phenoxy) is 3. The second-order valence-electron chi connectivity index (χ2n) is 4.01. The van der Waals surface area contributed by atoms with Gasteiger partial charge in [-0.15, -0.1) is 0 Å². The fourth-order valence-corrected chi connectivity index (χ4v) is 1.42. The number of hydrogen-bond acceptors (Lipinski definition) is 3. The molecule has 0 aliphatic rings. The van der Waals surface area contributed by atoms with E-state index in [4.69, 9.17) is 14.2 Å². The minimum Gasteiger partial charge on any atom is -0.497 e. The van der Waals surface area contributed by atoms with Crippen molar-refractivity contribution in [3.8, 4) is 11.5 Å². The highest BCUT2D eigenvalue weighted by molar-refractivity contribution is 5.41. The monoisotopic (exact) mass is 236 g/mol. The summed E-state index contributed by atoms with van der Waals surface area (Å²) in [5.41, 5.74) is 2.38. The van der Waals surface area contributed by atoms with Gasteiger partial charge in [0.05, 0.1) is 7.11 Å². The van der Waals surface area contributed by atoms with Crippen LogP contribution in [0, 0.1) is 0 Å². The second-order valence-corrected chi connectivity index (χ2v) is 4.01. The summed E-state index contributed by atoms with van der Waals surface area (Å²) in [5.74, 6) is 1.68. The van der Waals surface area contributed by atoms with Crippen LogP contribution in [-0.2, 0) is 11.2 Å². The van der Waals surface area contributed by atoms with E-state index in [2.05, 4.69) is 19.9 Å². The minimum atomic E-state index is 0.258. The molecular formula is C14H20O3. The maximum Gasteiger partial charge on any atom is 0.188 e. The Morgan fingerprint density at radius 1 is 1.24 bits per heavy atom. The first kappa shape index (κ1) is 13.6. The van der Waals surface area contributed by atoms with Crippen LogP contribution in [0.25, 0.3) is 0 Å². The molecule has 1 aromatic rings. The van der Waals surface area contributed by atoms with Gasteiger partial charge >= 0.3 is 0 Å². The van der Waals surface area contributed by atoms with Gasteiger partial charge in [-0.25, -0.2) is 0 Å². The summed E-state index contributed by atoms with van der Waals surface area (Å²) in [6, 6.07) is 5.79. The molecular weight excluding hydrogens is 216 g/mol. The van der Waals surface area contributed by atoms with E-state index in [1.165, 1.54) is 5.57 Å². The number of benzene rings is 1. The smallest absolute Gasteiger partial charge is 0.188 e. The lowest BCUT2D eigenvalue weighted by molar-refractivity contribution is 0.0505. The molecule has 0 aliphatic carbocycles. The van der Waals surface area contributed by atoms with Gasteiger partial charge in [-0.3, -0.25) is 0 Å². The van der Waals surface area contributed by atoms with Gasteiger partial charge < -0.3 is 14.2 Å². The lowest BCUT2D eigenvalue weighted by Crippen LogP contribution is -2.01. The van der Waals surface area contributed by atoms with Crippen molar-refractivity contribution < 1.29 is 14.2 Å². The third-order valence-electron chi connectivity index (χ3n) is 2.33. The fourth-order valence-electron chi connectivity index (χ4n) is 1.42. The second kappa shape index (κ2) is 6.97. The molecule has 0 aliphatic heterocycles. The normalized spacial score (nSPS) is 9.88. The van der Waals surface area contributed by atoms with E-state index >= 15 is 0 Å². The molecule has 0 fully saturated rings. The van der Waals surface area contributed by atoms with E-state index in [1.807, 2.05) is 18.2 Å². The lowest BCUT2D eigenvalue weighted by atomic mass is 10.1. The Morgan fingerprint density at radius 2 is 2.00 bits per heavy atom. The summed E-state index contributed by atoms with van der Waals surface area (Å²) in [7, 11) is 3.27. The van der Waals surface area contributed by atoms with Crippen LogP contribution in [0.15, 0.2) is 29.8 Å². The quantitative estimate of drug-likeness (QED) is 0.561. The van der Waals surface area contributed by atoms with Gasteiger partial charge in [0.25, 0.3) is 0 Å². The van der Waals surface area contributed by atoms with Crippen LogP contribution >= 0.6 is 0 Å². The fraction of sp³-hybridized carbons (Fsp3) is 0.429. The summed E-state index contributed by atoms with van der Waals surface area (Å²) in [6.07, 6.45) is 2.99. The molecule has 0 radical (unpaired) electrons. The maximum atomic E-state index is 5.51. The average molecular weight is 236 g/mol. The van der Waals surface area contributed by atoms with Crippen molar-refractivity contribution in [3.05, 3.63) is 35.4 Å². The average Bonchev–Trinajstić information content (AvgIpc) is 2.34. The molecule has 0 N–H and O–H groups in total. The SMILES string of the molecule is COCOc1ccc(OC)cc1CC=C(C)C. The number of allylic oxidation sites excluding steroid dienone is 2. The molecule has 0 heterocycles. The van der Waals surface area contributed by atoms with E-state index in [-0.39, 0.29) is 6.79 Å². The van der Waals surface area contributed by atoms with Gasteiger partial charge in [0.2, 0.25) is 0 Å². The molecule has 0 spiro atoms. The van der Waals surface area contributed by atoms with Crippen molar-refractivity contribution in [2.24, 2.45) is 0 Å². The van der Waals surface area contributed by atoms with Crippen LogP contribution in [0.4, 0.5) is 0 Å². The summed E-state index contributed by atoms with van der Waals surface area (Å²) < 4.78 is 15.6. The highest BCUT2D eigenvalue weighted by Crippen LogP contribution is 2.25. The van der Waals surface area contributed by atoms with Crippen LogP contribution < -0.4 is 9.47 Å². The molecule has 3 heteroatoms. The Hall–Kier alpha value is -1.48. The molecule has 3 nitrogen and oxygen atoms in total. The third-order valence-corrected chi connectivity index (χ3v) is 2.33. The number of hydrogen-bond donors (Lipinski definition) is 0. The van der Waals surface area contributed by atoms with Crippen LogP contribution in [0.3, 0.4) is 0 Å². The molecule has 94 valence electrons. The number of rotatable bonds is 6. The zero-order valence-electron chi connectivity index (χ0n) is 10.9. The minimum absolute atomic E-state index is 0.258. The van der Waals surface area contributed by atoms with E-state index in [9.17, 15) is 0 Å². The maximum absolute atomic E-state index is 5.51. The van der Waals surface area contributed by atoms with E-state index in [0.717, 1.165) is 23.5 Å². The van der Waals surface area contributed by atoms with Crippen molar-refractivity contribution >= 4 is 0 Å². The Bertz CT molecular complexity index is 379. The van der Waals surface area contributed by atoms with Gasteiger partial charge in [0, 0.05) is 12.7 Å². The highest BCUT2D eigenvalue weighted by Gasteiger charge is 2.04. The molecule has 0 unspecified atom stereocenters. The van der Waals surface area contributed by atoms with E-state index < -0.39 is 0 Å². The van der Waals surface area contributed by atoms with Crippen molar-refractivity contribution in [2.45, 2.75) is 20.3 Å². The Kier molecular flexibility index (Phi) is 5.57. The van der Waals surface area contributed by atoms with Crippen LogP contribution in [0.5, 0.6) is 11.5 Å². The van der Waals surface area contributed by atoms with Crippen molar-refractivity contribution in [2.75, 3.05) is 21.0 Å². The Balaban J connectivity index is 2.90. The zero-order valence-corrected chi connectivity index (χ0v) is 10.9. The van der Waals surface area contributed by atoms with E-state index in [1.54, 1.807) is 14.2 Å². The molecule has 0 saturated carbocycles. The van der Waals surface area contributed by atoms with Crippen molar-refractivity contribution in [3.63, 3.8) is 0 Å². The summed E-state index contributed by atoms with van der Waals surface area (Å²) >= 11 is 0. The van der Waals surface area contributed by atoms with Crippen LogP contribution in [0.1, 0.15) is 19.4 Å². The van der Waals surface area contributed by atoms with Gasteiger partial charge in [-0.2, -0.15) is 0 Å². The third kappa shape index (κ3) is 4.49. The van der Waals surface area contributed by atoms with E-state index in [0.29, 0.717) is 0 Å². The molecule has 0 amide bonds. The first-order valence-electron chi connectivity index (χ1n) is 5.59.